The summed E-state index contributed by atoms with van der Waals surface area (Å²) >= 11 is 4.04. The maximum absolute atomic E-state index is 4.04. The van der Waals surface area contributed by atoms with Gasteiger partial charge in [-0.1, -0.05) is 47.0 Å². The molecule has 0 aromatic heterocycles. The van der Waals surface area contributed by atoms with Crippen molar-refractivity contribution in [1.29, 1.82) is 0 Å². The highest BCUT2D eigenvalue weighted by Crippen LogP contribution is 2.67. The van der Waals surface area contributed by atoms with Gasteiger partial charge in [-0.05, 0) is 41.6 Å². The van der Waals surface area contributed by atoms with Crippen LogP contribution in [0.2, 0.25) is 0 Å². The van der Waals surface area contributed by atoms with Gasteiger partial charge in [0.25, 0.3) is 0 Å². The maximum Gasteiger partial charge on any atom is 0.123 e. The van der Waals surface area contributed by atoms with Crippen LogP contribution in [-0.2, 0) is 0 Å². The van der Waals surface area contributed by atoms with Gasteiger partial charge in [0.15, 0.2) is 0 Å². The summed E-state index contributed by atoms with van der Waals surface area (Å²) in [5, 5.41) is 0. The average molecular weight is 324 g/mol. The Morgan fingerprint density at radius 3 is 1.35 bits per heavy atom. The summed E-state index contributed by atoms with van der Waals surface area (Å²) in [6.45, 7) is 9.37. The van der Waals surface area contributed by atoms with Gasteiger partial charge in [-0.15, -0.1) is 0 Å². The van der Waals surface area contributed by atoms with Crippen molar-refractivity contribution in [1.82, 2.24) is 0 Å². The van der Waals surface area contributed by atoms with E-state index in [1.54, 1.807) is 0 Å². The Labute approximate surface area is 119 Å². The molecule has 0 aliphatic carbocycles. The van der Waals surface area contributed by atoms with E-state index in [1.165, 1.54) is 63.4 Å². The van der Waals surface area contributed by atoms with E-state index in [0.717, 1.165) is 4.57 Å². The van der Waals surface area contributed by atoms with Crippen LogP contribution in [0.5, 0.6) is 0 Å². The summed E-state index contributed by atoms with van der Waals surface area (Å²) in [4.78, 5) is 0. The molecule has 0 heterocycles. The van der Waals surface area contributed by atoms with Crippen molar-refractivity contribution in [3.05, 3.63) is 0 Å². The Balaban J connectivity index is 4.63. The summed E-state index contributed by atoms with van der Waals surface area (Å²) in [7, 11) is -0.720. The number of hydrogen-bond donors (Lipinski definition) is 0. The number of rotatable bonds is 11. The molecular formula is C15H33BrP+. The second-order valence-electron chi connectivity index (χ2n) is 5.29. The Kier molecular flexibility index (Phi) is 11.4. The van der Waals surface area contributed by atoms with Crippen molar-refractivity contribution in [2.24, 2.45) is 0 Å². The van der Waals surface area contributed by atoms with E-state index in [2.05, 4.69) is 43.6 Å². The molecule has 1 atom stereocenters. The van der Waals surface area contributed by atoms with Crippen LogP contribution in [0, 0.1) is 0 Å². The van der Waals surface area contributed by atoms with E-state index in [9.17, 15) is 0 Å². The van der Waals surface area contributed by atoms with Crippen molar-refractivity contribution < 1.29 is 0 Å². The van der Waals surface area contributed by atoms with Gasteiger partial charge in [0, 0.05) is 7.26 Å². The van der Waals surface area contributed by atoms with Crippen LogP contribution < -0.4 is 0 Å². The van der Waals surface area contributed by atoms with Gasteiger partial charge in [-0.2, -0.15) is 0 Å². The highest BCUT2D eigenvalue weighted by molar-refractivity contribution is 9.11. The van der Waals surface area contributed by atoms with E-state index >= 15 is 0 Å². The Morgan fingerprint density at radius 1 is 0.765 bits per heavy atom. The molecule has 0 aliphatic heterocycles. The zero-order chi connectivity index (χ0) is 13.1. The molecule has 0 aromatic carbocycles. The zero-order valence-electron chi connectivity index (χ0n) is 12.5. The van der Waals surface area contributed by atoms with E-state index in [1.807, 2.05) is 0 Å². The van der Waals surface area contributed by atoms with Crippen LogP contribution in [0.4, 0.5) is 0 Å². The quantitative estimate of drug-likeness (QED) is 0.299. The van der Waals surface area contributed by atoms with Crippen molar-refractivity contribution in [2.75, 3.05) is 18.5 Å². The number of halogens is 1. The highest BCUT2D eigenvalue weighted by Gasteiger charge is 2.41. The normalized spacial score (nSPS) is 13.9. The fourth-order valence-electron chi connectivity index (χ4n) is 2.56. The molecule has 17 heavy (non-hydrogen) atoms. The predicted octanol–water partition coefficient (Wildman–Crippen LogP) is 6.54. The third-order valence-corrected chi connectivity index (χ3v) is 12.2. The van der Waals surface area contributed by atoms with Crippen LogP contribution in [0.15, 0.2) is 0 Å². The third kappa shape index (κ3) is 6.58. The second-order valence-corrected chi connectivity index (χ2v) is 11.5. The number of hydrogen-bond acceptors (Lipinski definition) is 0. The first-order valence-corrected chi connectivity index (χ1v) is 11.0. The summed E-state index contributed by atoms with van der Waals surface area (Å²) in [5.41, 5.74) is 0. The minimum absolute atomic E-state index is 0.720. The van der Waals surface area contributed by atoms with Gasteiger partial charge < -0.3 is 0 Å². The molecule has 0 amide bonds. The lowest BCUT2D eigenvalue weighted by molar-refractivity contribution is 0.825. The van der Waals surface area contributed by atoms with Gasteiger partial charge in [0.2, 0.25) is 0 Å². The molecule has 0 aromatic rings. The molecule has 0 nitrogen and oxygen atoms in total. The monoisotopic (exact) mass is 323 g/mol. The van der Waals surface area contributed by atoms with Crippen LogP contribution in [0.1, 0.15) is 72.6 Å². The molecule has 0 bridgehead atoms. The molecule has 0 rings (SSSR count). The van der Waals surface area contributed by atoms with Crippen molar-refractivity contribution in [3.8, 4) is 0 Å². The van der Waals surface area contributed by atoms with Crippen LogP contribution in [-0.4, -0.2) is 23.1 Å². The van der Waals surface area contributed by atoms with Gasteiger partial charge in [-0.25, -0.2) is 0 Å². The molecular weight excluding hydrogens is 291 g/mol. The molecule has 104 valence electrons. The minimum Gasteiger partial charge on any atom is -0.0652 e. The lowest BCUT2D eigenvalue weighted by Gasteiger charge is -2.32. The van der Waals surface area contributed by atoms with Gasteiger partial charge in [-0.3, -0.25) is 0 Å². The number of alkyl halides is 1. The third-order valence-electron chi connectivity index (χ3n) is 3.80. The average Bonchev–Trinajstić information content (AvgIpc) is 2.37. The van der Waals surface area contributed by atoms with E-state index in [4.69, 9.17) is 0 Å². The minimum atomic E-state index is -0.720. The standard InChI is InChI=1S/C15H33BrP/c1-5-9-12-17(13-10-6-2,14-11-7-3)15(16)8-4/h15H,5-14H2,1-4H3/q+1. The summed E-state index contributed by atoms with van der Waals surface area (Å²) < 4.78 is 0.833. The van der Waals surface area contributed by atoms with Gasteiger partial charge >= 0.3 is 0 Å². The zero-order valence-corrected chi connectivity index (χ0v) is 15.0. The van der Waals surface area contributed by atoms with Gasteiger partial charge in [0.05, 0.1) is 18.5 Å². The van der Waals surface area contributed by atoms with E-state index < -0.39 is 7.26 Å². The molecule has 0 saturated carbocycles. The topological polar surface area (TPSA) is 0 Å². The fraction of sp³-hybridized carbons (Fsp3) is 1.00. The van der Waals surface area contributed by atoms with Crippen molar-refractivity contribution in [2.45, 2.75) is 77.2 Å². The first-order valence-electron chi connectivity index (χ1n) is 7.66. The number of unbranched alkanes of at least 4 members (excludes halogenated alkanes) is 3. The summed E-state index contributed by atoms with van der Waals surface area (Å²) in [6.07, 6.45) is 14.4. The van der Waals surface area contributed by atoms with Crippen LogP contribution >= 0.6 is 23.2 Å². The maximum atomic E-state index is 4.04. The molecule has 0 radical (unpaired) electrons. The molecule has 1 unspecified atom stereocenters. The molecule has 0 aliphatic rings. The second kappa shape index (κ2) is 10.8. The highest BCUT2D eigenvalue weighted by atomic mass is 79.9. The van der Waals surface area contributed by atoms with Crippen LogP contribution in [0.25, 0.3) is 0 Å². The predicted molar refractivity (Wildman–Crippen MR) is 89.3 cm³/mol. The first kappa shape index (κ1) is 17.9. The Hall–Kier alpha value is 0.910. The molecule has 0 fully saturated rings. The SMILES string of the molecule is CCCC[P+](CCCC)(CCCC)C(Br)CC. The summed E-state index contributed by atoms with van der Waals surface area (Å²) in [6, 6.07) is 0. The first-order chi connectivity index (χ1) is 8.16. The smallest absolute Gasteiger partial charge is 0.0652 e. The van der Waals surface area contributed by atoms with Crippen molar-refractivity contribution in [3.63, 3.8) is 0 Å². The van der Waals surface area contributed by atoms with Gasteiger partial charge in [0.1, 0.15) is 4.57 Å². The molecule has 0 spiro atoms. The molecule has 0 saturated heterocycles. The van der Waals surface area contributed by atoms with Crippen LogP contribution in [0.3, 0.4) is 0 Å². The Bertz CT molecular complexity index is 149. The largest absolute Gasteiger partial charge is 0.123 e. The summed E-state index contributed by atoms with van der Waals surface area (Å²) in [5.74, 6) is 0. The lowest BCUT2D eigenvalue weighted by atomic mass is 10.4. The van der Waals surface area contributed by atoms with E-state index in [0.29, 0.717) is 0 Å². The lowest BCUT2D eigenvalue weighted by Crippen LogP contribution is -2.17. The van der Waals surface area contributed by atoms with Crippen molar-refractivity contribution >= 4 is 23.2 Å². The van der Waals surface area contributed by atoms with E-state index in [-0.39, 0.29) is 0 Å². The Morgan fingerprint density at radius 2 is 1.12 bits per heavy atom. The molecule has 2 heteroatoms. The fourth-order valence-corrected chi connectivity index (χ4v) is 9.53. The molecule has 0 N–H and O–H groups in total.